The Morgan fingerprint density at radius 2 is 1.82 bits per heavy atom. The van der Waals surface area contributed by atoms with E-state index in [0.717, 1.165) is 41.9 Å². The smallest absolute Gasteiger partial charge is 0.231 e. The maximum atomic E-state index is 13.3. The molecule has 1 amide bonds. The van der Waals surface area contributed by atoms with Gasteiger partial charge in [0.2, 0.25) is 5.91 Å². The number of primary amides is 1. The SMILES string of the molecule is COc1cc(C(=O)CC[C@](C)(O)c2cc3c(c(-c4ccc(I)cc4)n2)OC[C@]3(C)C(N)=O)ccc1OCCN1CCN(C)CC1. The molecule has 3 N–H and O–H groups in total. The van der Waals surface area contributed by atoms with Crippen molar-refractivity contribution in [2.75, 3.05) is 60.1 Å². The molecule has 0 radical (unpaired) electrons. The minimum Gasteiger partial charge on any atom is -0.493 e. The number of methoxy groups -OCH3 is 1. The first kappa shape index (κ1) is 33.1. The molecule has 2 aliphatic rings. The standard InChI is InChI=1S/C34H41IN4O6/c1-33(32(36)41)21-45-31-25(33)20-29(37-30(31)22-5-8-24(35)9-6-22)34(2,42)12-11-26(40)23-7-10-27(28(19-23)43-4)44-18-17-39-15-13-38(3)14-16-39/h5-10,19-20,42H,11-18,21H2,1-4H3,(H2,36,41)/t33-,34-/m0/s1. The van der Waals surface area contributed by atoms with Crippen molar-refractivity contribution in [1.29, 1.82) is 0 Å². The van der Waals surface area contributed by atoms with Crippen LogP contribution in [-0.4, -0.2) is 91.7 Å². The van der Waals surface area contributed by atoms with Gasteiger partial charge in [0.1, 0.15) is 35.7 Å². The number of carbonyl (C=O) groups is 2. The highest BCUT2D eigenvalue weighted by Gasteiger charge is 2.45. The van der Waals surface area contributed by atoms with Crippen molar-refractivity contribution < 1.29 is 28.9 Å². The van der Waals surface area contributed by atoms with E-state index in [-0.39, 0.29) is 25.2 Å². The van der Waals surface area contributed by atoms with Gasteiger partial charge in [0.25, 0.3) is 0 Å². The number of pyridine rings is 1. The van der Waals surface area contributed by atoms with Gasteiger partial charge in [-0.15, -0.1) is 0 Å². The van der Waals surface area contributed by atoms with Crippen molar-refractivity contribution >= 4 is 34.3 Å². The molecule has 1 fully saturated rings. The Hall–Kier alpha value is -3.26. The van der Waals surface area contributed by atoms with E-state index < -0.39 is 16.9 Å². The number of hydrogen-bond acceptors (Lipinski definition) is 9. The quantitative estimate of drug-likeness (QED) is 0.210. The summed E-state index contributed by atoms with van der Waals surface area (Å²) in [5, 5.41) is 11.7. The van der Waals surface area contributed by atoms with Crippen molar-refractivity contribution in [2.45, 2.75) is 37.7 Å². The van der Waals surface area contributed by atoms with Crippen LogP contribution in [0.2, 0.25) is 0 Å². The zero-order valence-electron chi connectivity index (χ0n) is 26.3. The van der Waals surface area contributed by atoms with Gasteiger partial charge in [-0.2, -0.15) is 0 Å². The van der Waals surface area contributed by atoms with Crippen molar-refractivity contribution in [1.82, 2.24) is 14.8 Å². The molecule has 10 nitrogen and oxygen atoms in total. The molecule has 2 aromatic carbocycles. The summed E-state index contributed by atoms with van der Waals surface area (Å²) in [6, 6.07) is 14.6. The van der Waals surface area contributed by atoms with E-state index in [1.165, 1.54) is 0 Å². The molecule has 1 aromatic heterocycles. The van der Waals surface area contributed by atoms with Crippen molar-refractivity contribution in [3.63, 3.8) is 0 Å². The molecule has 3 aromatic rings. The van der Waals surface area contributed by atoms with Crippen LogP contribution in [0.5, 0.6) is 17.2 Å². The molecule has 45 heavy (non-hydrogen) atoms. The lowest BCUT2D eigenvalue weighted by molar-refractivity contribution is -0.123. The number of aromatic nitrogens is 1. The molecular formula is C34H41IN4O6. The van der Waals surface area contributed by atoms with Crippen LogP contribution < -0.4 is 19.9 Å². The highest BCUT2D eigenvalue weighted by Crippen LogP contribution is 2.46. The molecule has 240 valence electrons. The lowest BCUT2D eigenvalue weighted by Gasteiger charge is -2.32. The maximum Gasteiger partial charge on any atom is 0.231 e. The van der Waals surface area contributed by atoms with Gasteiger partial charge >= 0.3 is 0 Å². The van der Waals surface area contributed by atoms with Gasteiger partial charge in [0, 0.05) is 59.4 Å². The number of halogens is 1. The predicted octanol–water partition coefficient (Wildman–Crippen LogP) is 3.99. The Kier molecular flexibility index (Phi) is 10.0. The summed E-state index contributed by atoms with van der Waals surface area (Å²) in [7, 11) is 3.68. The first-order chi connectivity index (χ1) is 21.4. The number of benzene rings is 2. The Balaban J connectivity index is 1.31. The van der Waals surface area contributed by atoms with Crippen molar-refractivity contribution in [3.05, 3.63) is 68.9 Å². The number of fused-ring (bicyclic) bond motifs is 1. The van der Waals surface area contributed by atoms with E-state index in [1.807, 2.05) is 24.3 Å². The van der Waals surface area contributed by atoms with E-state index in [2.05, 4.69) is 39.4 Å². The highest BCUT2D eigenvalue weighted by atomic mass is 127. The van der Waals surface area contributed by atoms with Crippen LogP contribution in [0, 0.1) is 3.57 Å². The summed E-state index contributed by atoms with van der Waals surface area (Å²) >= 11 is 2.23. The van der Waals surface area contributed by atoms with E-state index in [1.54, 1.807) is 45.2 Å². The van der Waals surface area contributed by atoms with E-state index in [0.29, 0.717) is 46.4 Å². The molecule has 0 unspecified atom stereocenters. The minimum atomic E-state index is -1.49. The van der Waals surface area contributed by atoms with Gasteiger partial charge in [0.15, 0.2) is 17.3 Å². The van der Waals surface area contributed by atoms with Crippen molar-refractivity contribution in [2.24, 2.45) is 5.73 Å². The topological polar surface area (TPSA) is 127 Å². The molecular weight excluding hydrogens is 687 g/mol. The number of piperazine rings is 1. The zero-order valence-corrected chi connectivity index (χ0v) is 28.4. The van der Waals surface area contributed by atoms with Crippen LogP contribution in [0.1, 0.15) is 48.3 Å². The Morgan fingerprint density at radius 3 is 2.49 bits per heavy atom. The number of amides is 1. The van der Waals surface area contributed by atoms with E-state index >= 15 is 0 Å². The molecule has 0 bridgehead atoms. The molecule has 2 aliphatic heterocycles. The number of aliphatic hydroxyl groups is 1. The number of Topliss-reactive ketones (excluding diaryl/α,β-unsaturated/α-hetero) is 1. The van der Waals surface area contributed by atoms with E-state index in [9.17, 15) is 14.7 Å². The van der Waals surface area contributed by atoms with Crippen LogP contribution in [0.25, 0.3) is 11.3 Å². The molecule has 5 rings (SSSR count). The number of ketones is 1. The van der Waals surface area contributed by atoms with Crippen LogP contribution >= 0.6 is 22.6 Å². The van der Waals surface area contributed by atoms with Crippen LogP contribution in [0.15, 0.2) is 48.5 Å². The number of carbonyl (C=O) groups excluding carboxylic acids is 2. The molecule has 3 heterocycles. The fraction of sp³-hybridized carbons (Fsp3) is 0.441. The Labute approximate surface area is 278 Å². The molecule has 0 aliphatic carbocycles. The fourth-order valence-corrected chi connectivity index (χ4v) is 5.97. The summed E-state index contributed by atoms with van der Waals surface area (Å²) < 4.78 is 18.6. The van der Waals surface area contributed by atoms with Gasteiger partial charge in [-0.1, -0.05) is 12.1 Å². The number of nitrogens with two attached hydrogens (primary N) is 1. The first-order valence-electron chi connectivity index (χ1n) is 15.1. The van der Waals surface area contributed by atoms with Crippen molar-refractivity contribution in [3.8, 4) is 28.5 Å². The normalized spacial score (nSPS) is 19.8. The average Bonchev–Trinajstić information content (AvgIpc) is 3.38. The van der Waals surface area contributed by atoms with Gasteiger partial charge in [0.05, 0.1) is 12.8 Å². The largest absolute Gasteiger partial charge is 0.493 e. The third kappa shape index (κ3) is 7.26. The second kappa shape index (κ2) is 13.6. The second-order valence-electron chi connectivity index (χ2n) is 12.3. The molecule has 0 spiro atoms. The third-order valence-electron chi connectivity index (χ3n) is 8.87. The Morgan fingerprint density at radius 1 is 1.11 bits per heavy atom. The van der Waals surface area contributed by atoms with E-state index in [4.69, 9.17) is 24.9 Å². The van der Waals surface area contributed by atoms with Gasteiger partial charge in [-0.25, -0.2) is 4.98 Å². The average molecular weight is 729 g/mol. The first-order valence-corrected chi connectivity index (χ1v) is 16.2. The maximum absolute atomic E-state index is 13.3. The third-order valence-corrected chi connectivity index (χ3v) is 9.59. The molecule has 0 saturated carbocycles. The minimum absolute atomic E-state index is 0.0565. The summed E-state index contributed by atoms with van der Waals surface area (Å²) in [6.07, 6.45) is 0.157. The van der Waals surface area contributed by atoms with Gasteiger partial charge in [-0.3, -0.25) is 14.5 Å². The summed E-state index contributed by atoms with van der Waals surface area (Å²) in [6.45, 7) is 8.90. The van der Waals surface area contributed by atoms with Crippen LogP contribution in [0.4, 0.5) is 0 Å². The second-order valence-corrected chi connectivity index (χ2v) is 13.5. The predicted molar refractivity (Wildman–Crippen MR) is 180 cm³/mol. The molecule has 2 atom stereocenters. The Bertz CT molecular complexity index is 1550. The highest BCUT2D eigenvalue weighted by molar-refractivity contribution is 14.1. The number of nitrogens with zero attached hydrogens (tertiary/aromatic N) is 3. The van der Waals surface area contributed by atoms with Gasteiger partial charge < -0.3 is 30.0 Å². The summed E-state index contributed by atoms with van der Waals surface area (Å²) in [4.78, 5) is 35.3. The number of rotatable bonds is 12. The lowest BCUT2D eigenvalue weighted by atomic mass is 9.81. The van der Waals surface area contributed by atoms with Gasteiger partial charge in [-0.05, 0) is 86.3 Å². The lowest BCUT2D eigenvalue weighted by Crippen LogP contribution is -2.45. The monoisotopic (exact) mass is 728 g/mol. The number of hydrogen-bond donors (Lipinski definition) is 2. The summed E-state index contributed by atoms with van der Waals surface area (Å²) in [5.74, 6) is 0.870. The van der Waals surface area contributed by atoms with Crippen LogP contribution in [0.3, 0.4) is 0 Å². The fourth-order valence-electron chi connectivity index (χ4n) is 5.61. The van der Waals surface area contributed by atoms with Crippen LogP contribution in [-0.2, 0) is 15.8 Å². The molecule has 11 heteroatoms. The molecule has 1 saturated heterocycles. The zero-order chi connectivity index (χ0) is 32.4. The number of likely N-dealkylation sites (N-methyl/N-ethyl adjacent to an activating group) is 1. The summed E-state index contributed by atoms with van der Waals surface area (Å²) in [5.41, 5.74) is 5.92. The number of ether oxygens (including phenoxy) is 3.